The van der Waals surface area contributed by atoms with Crippen LogP contribution in [-0.2, 0) is 4.79 Å². The topological polar surface area (TPSA) is 41.1 Å². The van der Waals surface area contributed by atoms with Gasteiger partial charge < -0.3 is 10.6 Å². The highest BCUT2D eigenvalue weighted by Crippen LogP contribution is 2.15. The van der Waals surface area contributed by atoms with Crippen LogP contribution in [-0.4, -0.2) is 19.0 Å². The normalized spacial score (nSPS) is 20.4. The maximum atomic E-state index is 11.9. The van der Waals surface area contributed by atoms with Crippen molar-refractivity contribution in [3.8, 4) is 0 Å². The van der Waals surface area contributed by atoms with Gasteiger partial charge in [-0.1, -0.05) is 12.1 Å². The minimum atomic E-state index is 0.120. The average Bonchev–Trinajstić information content (AvgIpc) is 2.30. The highest BCUT2D eigenvalue weighted by molar-refractivity contribution is 5.92. The predicted molar refractivity (Wildman–Crippen MR) is 65.4 cm³/mol. The zero-order chi connectivity index (χ0) is 11.4. The third-order valence-electron chi connectivity index (χ3n) is 2.95. The first-order chi connectivity index (χ1) is 7.75. The zero-order valence-corrected chi connectivity index (χ0v) is 9.62. The molecule has 0 radical (unpaired) electrons. The summed E-state index contributed by atoms with van der Waals surface area (Å²) in [5, 5.41) is 6.23. The second-order valence-electron chi connectivity index (χ2n) is 4.40. The maximum absolute atomic E-state index is 11.9. The summed E-state index contributed by atoms with van der Waals surface area (Å²) in [5.41, 5.74) is 2.06. The SMILES string of the molecule is Cc1cccc(NC(=O)[C@@H]2CCCNC2)c1. The van der Waals surface area contributed by atoms with Crippen molar-refractivity contribution in [2.24, 2.45) is 5.92 Å². The molecule has 2 rings (SSSR count). The minimum Gasteiger partial charge on any atom is -0.326 e. The summed E-state index contributed by atoms with van der Waals surface area (Å²) in [6.45, 7) is 3.86. The number of rotatable bonds is 2. The van der Waals surface area contributed by atoms with Crippen LogP contribution >= 0.6 is 0 Å². The number of piperidine rings is 1. The van der Waals surface area contributed by atoms with Gasteiger partial charge in [0.1, 0.15) is 0 Å². The van der Waals surface area contributed by atoms with Crippen LogP contribution in [0.4, 0.5) is 5.69 Å². The molecule has 0 saturated carbocycles. The third-order valence-corrected chi connectivity index (χ3v) is 2.95. The molecule has 3 nitrogen and oxygen atoms in total. The molecule has 3 heteroatoms. The van der Waals surface area contributed by atoms with E-state index in [9.17, 15) is 4.79 Å². The molecule has 1 amide bonds. The van der Waals surface area contributed by atoms with Gasteiger partial charge in [0, 0.05) is 12.2 Å². The number of benzene rings is 1. The lowest BCUT2D eigenvalue weighted by Gasteiger charge is -2.21. The Morgan fingerprint density at radius 3 is 3.06 bits per heavy atom. The summed E-state index contributed by atoms with van der Waals surface area (Å²) >= 11 is 0. The molecule has 1 aliphatic rings. The number of anilines is 1. The Balaban J connectivity index is 1.96. The van der Waals surface area contributed by atoms with Crippen molar-refractivity contribution < 1.29 is 4.79 Å². The van der Waals surface area contributed by atoms with Crippen molar-refractivity contribution in [1.82, 2.24) is 5.32 Å². The van der Waals surface area contributed by atoms with E-state index in [1.807, 2.05) is 31.2 Å². The third kappa shape index (κ3) is 2.83. The van der Waals surface area contributed by atoms with E-state index in [1.54, 1.807) is 0 Å². The van der Waals surface area contributed by atoms with Crippen LogP contribution in [0.1, 0.15) is 18.4 Å². The van der Waals surface area contributed by atoms with Gasteiger partial charge in [-0.05, 0) is 44.0 Å². The first kappa shape index (κ1) is 11.1. The fourth-order valence-corrected chi connectivity index (χ4v) is 2.04. The number of hydrogen-bond donors (Lipinski definition) is 2. The molecule has 0 bridgehead atoms. The van der Waals surface area contributed by atoms with E-state index in [2.05, 4.69) is 10.6 Å². The highest BCUT2D eigenvalue weighted by atomic mass is 16.1. The van der Waals surface area contributed by atoms with Gasteiger partial charge in [0.15, 0.2) is 0 Å². The van der Waals surface area contributed by atoms with Gasteiger partial charge in [-0.3, -0.25) is 4.79 Å². The first-order valence-electron chi connectivity index (χ1n) is 5.84. The van der Waals surface area contributed by atoms with E-state index in [0.717, 1.165) is 31.6 Å². The molecule has 1 aliphatic heterocycles. The van der Waals surface area contributed by atoms with Crippen molar-refractivity contribution in [1.29, 1.82) is 0 Å². The van der Waals surface area contributed by atoms with Crippen LogP contribution in [0.3, 0.4) is 0 Å². The van der Waals surface area contributed by atoms with E-state index < -0.39 is 0 Å². The number of hydrogen-bond acceptors (Lipinski definition) is 2. The molecule has 0 spiro atoms. The number of amides is 1. The second kappa shape index (κ2) is 5.12. The lowest BCUT2D eigenvalue weighted by Crippen LogP contribution is -2.37. The zero-order valence-electron chi connectivity index (χ0n) is 9.62. The number of nitrogens with one attached hydrogen (secondary N) is 2. The summed E-state index contributed by atoms with van der Waals surface area (Å²) < 4.78 is 0. The number of carbonyl (C=O) groups is 1. The van der Waals surface area contributed by atoms with Gasteiger partial charge in [0.2, 0.25) is 5.91 Å². The molecule has 86 valence electrons. The van der Waals surface area contributed by atoms with Crippen LogP contribution in [0.2, 0.25) is 0 Å². The lowest BCUT2D eigenvalue weighted by atomic mass is 9.99. The predicted octanol–water partition coefficient (Wildman–Crippen LogP) is 1.93. The van der Waals surface area contributed by atoms with Crippen LogP contribution in [0.5, 0.6) is 0 Å². The molecular formula is C13H18N2O. The molecule has 1 aromatic rings. The van der Waals surface area contributed by atoms with Crippen LogP contribution in [0.15, 0.2) is 24.3 Å². The Labute approximate surface area is 96.2 Å². The summed E-state index contributed by atoms with van der Waals surface area (Å²) in [6.07, 6.45) is 2.08. The van der Waals surface area contributed by atoms with Crippen molar-refractivity contribution in [2.75, 3.05) is 18.4 Å². The molecule has 1 atom stereocenters. The quantitative estimate of drug-likeness (QED) is 0.796. The van der Waals surface area contributed by atoms with Crippen LogP contribution < -0.4 is 10.6 Å². The Morgan fingerprint density at radius 1 is 1.50 bits per heavy atom. The molecule has 0 aromatic heterocycles. The molecular weight excluding hydrogens is 200 g/mol. The minimum absolute atomic E-state index is 0.120. The first-order valence-corrected chi connectivity index (χ1v) is 5.84. The van der Waals surface area contributed by atoms with Crippen molar-refractivity contribution in [2.45, 2.75) is 19.8 Å². The van der Waals surface area contributed by atoms with E-state index in [4.69, 9.17) is 0 Å². The van der Waals surface area contributed by atoms with Gasteiger partial charge in [0.05, 0.1) is 5.92 Å². The smallest absolute Gasteiger partial charge is 0.228 e. The number of aryl methyl sites for hydroxylation is 1. The fraction of sp³-hybridized carbons (Fsp3) is 0.462. The highest BCUT2D eigenvalue weighted by Gasteiger charge is 2.20. The van der Waals surface area contributed by atoms with Gasteiger partial charge in [-0.15, -0.1) is 0 Å². The summed E-state index contributed by atoms with van der Waals surface area (Å²) in [5.74, 6) is 0.257. The van der Waals surface area contributed by atoms with E-state index in [-0.39, 0.29) is 11.8 Å². The van der Waals surface area contributed by atoms with E-state index in [0.29, 0.717) is 0 Å². The molecule has 1 aromatic carbocycles. The summed E-state index contributed by atoms with van der Waals surface area (Å²) in [4.78, 5) is 11.9. The molecule has 1 heterocycles. The van der Waals surface area contributed by atoms with Gasteiger partial charge in [-0.25, -0.2) is 0 Å². The van der Waals surface area contributed by atoms with Crippen molar-refractivity contribution in [3.63, 3.8) is 0 Å². The van der Waals surface area contributed by atoms with Crippen LogP contribution in [0.25, 0.3) is 0 Å². The Hall–Kier alpha value is -1.35. The monoisotopic (exact) mass is 218 g/mol. The summed E-state index contributed by atoms with van der Waals surface area (Å²) in [6, 6.07) is 7.91. The van der Waals surface area contributed by atoms with E-state index in [1.165, 1.54) is 5.56 Å². The van der Waals surface area contributed by atoms with Crippen molar-refractivity contribution >= 4 is 11.6 Å². The fourth-order valence-electron chi connectivity index (χ4n) is 2.04. The molecule has 0 aliphatic carbocycles. The largest absolute Gasteiger partial charge is 0.326 e. The maximum Gasteiger partial charge on any atom is 0.228 e. The van der Waals surface area contributed by atoms with Gasteiger partial charge in [0.25, 0.3) is 0 Å². The standard InChI is InChI=1S/C13H18N2O/c1-10-4-2-6-12(8-10)15-13(16)11-5-3-7-14-9-11/h2,4,6,8,11,14H,3,5,7,9H2,1H3,(H,15,16)/t11-/m1/s1. The lowest BCUT2D eigenvalue weighted by molar-refractivity contribution is -0.120. The molecule has 1 saturated heterocycles. The average molecular weight is 218 g/mol. The van der Waals surface area contributed by atoms with Gasteiger partial charge >= 0.3 is 0 Å². The molecule has 2 N–H and O–H groups in total. The number of carbonyl (C=O) groups excluding carboxylic acids is 1. The summed E-state index contributed by atoms with van der Waals surface area (Å²) in [7, 11) is 0. The Bertz CT molecular complexity index is 370. The molecule has 16 heavy (non-hydrogen) atoms. The van der Waals surface area contributed by atoms with Gasteiger partial charge in [-0.2, -0.15) is 0 Å². The molecule has 1 fully saturated rings. The Morgan fingerprint density at radius 2 is 2.38 bits per heavy atom. The molecule has 0 unspecified atom stereocenters. The Kier molecular flexibility index (Phi) is 3.57. The second-order valence-corrected chi connectivity index (χ2v) is 4.40. The van der Waals surface area contributed by atoms with E-state index >= 15 is 0 Å². The van der Waals surface area contributed by atoms with Crippen LogP contribution in [0, 0.1) is 12.8 Å². The van der Waals surface area contributed by atoms with Crippen molar-refractivity contribution in [3.05, 3.63) is 29.8 Å².